The number of nitrogens with two attached hydrogens (primary N) is 1. The normalized spacial score (nSPS) is 21.0. The van der Waals surface area contributed by atoms with Crippen molar-refractivity contribution in [2.24, 2.45) is 11.8 Å². The molecule has 0 aliphatic heterocycles. The van der Waals surface area contributed by atoms with Crippen LogP contribution in [-0.2, 0) is 4.43 Å². The molecule has 1 unspecified atom stereocenters. The highest BCUT2D eigenvalue weighted by Gasteiger charge is 2.40. The van der Waals surface area contributed by atoms with Crippen LogP contribution in [0.2, 0.25) is 18.1 Å². The summed E-state index contributed by atoms with van der Waals surface area (Å²) in [6, 6.07) is 2.94. The maximum absolute atomic E-state index is 13.1. The predicted molar refractivity (Wildman–Crippen MR) is 107 cm³/mol. The van der Waals surface area contributed by atoms with Crippen molar-refractivity contribution < 1.29 is 19.1 Å². The van der Waals surface area contributed by atoms with Crippen LogP contribution in [0.5, 0.6) is 11.5 Å². The van der Waals surface area contributed by atoms with E-state index in [9.17, 15) is 9.90 Å². The summed E-state index contributed by atoms with van der Waals surface area (Å²) in [4.78, 5) is 13.1. The lowest BCUT2D eigenvalue weighted by Crippen LogP contribution is -2.42. The fourth-order valence-electron chi connectivity index (χ4n) is 3.27. The average molecular weight is 380 g/mol. The van der Waals surface area contributed by atoms with Gasteiger partial charge in [0.25, 0.3) is 0 Å². The van der Waals surface area contributed by atoms with E-state index >= 15 is 0 Å². The Balaban J connectivity index is 2.16. The summed E-state index contributed by atoms with van der Waals surface area (Å²) >= 11 is 0. The summed E-state index contributed by atoms with van der Waals surface area (Å²) in [7, 11) is -0.375. The number of anilines is 1. The molecule has 0 bridgehead atoms. The second kappa shape index (κ2) is 7.60. The zero-order chi connectivity index (χ0) is 19.7. The van der Waals surface area contributed by atoms with Gasteiger partial charge in [0.2, 0.25) is 0 Å². The Morgan fingerprint density at radius 1 is 1.31 bits per heavy atom. The zero-order valence-electron chi connectivity index (χ0n) is 16.9. The molecule has 26 heavy (non-hydrogen) atoms. The van der Waals surface area contributed by atoms with Gasteiger partial charge < -0.3 is 20.0 Å². The van der Waals surface area contributed by atoms with Gasteiger partial charge in [0.1, 0.15) is 0 Å². The molecule has 6 heteroatoms. The number of carbonyl (C=O) groups excluding carboxylic acids is 1. The number of ether oxygens (including phenoxy) is 1. The molecule has 1 aromatic rings. The van der Waals surface area contributed by atoms with Gasteiger partial charge in [-0.2, -0.15) is 0 Å². The molecular formula is C20H33NO4Si. The number of methoxy groups -OCH3 is 1. The Labute approximate surface area is 158 Å². The fourth-order valence-corrected chi connectivity index (χ4v) is 4.34. The topological polar surface area (TPSA) is 81.8 Å². The van der Waals surface area contributed by atoms with Crippen molar-refractivity contribution in [1.82, 2.24) is 0 Å². The standard InChI is InChI=1S/C20H33NO4Si/c1-20(2,3)26(5,6)25-12-13-8-7-9-14(13)19(23)15-10-18(24-4)17(22)11-16(15)21/h10-11,13-14,22H,7-9,12,21H2,1-6H3/t13-,14?/m0/s1. The van der Waals surface area contributed by atoms with Gasteiger partial charge >= 0.3 is 0 Å². The monoisotopic (exact) mass is 379 g/mol. The Hall–Kier alpha value is -1.53. The quantitative estimate of drug-likeness (QED) is 0.429. The molecule has 0 amide bonds. The van der Waals surface area contributed by atoms with E-state index in [2.05, 4.69) is 33.9 Å². The second-order valence-electron chi connectivity index (χ2n) is 8.84. The van der Waals surface area contributed by atoms with Gasteiger partial charge in [-0.15, -0.1) is 0 Å². The zero-order valence-corrected chi connectivity index (χ0v) is 17.9. The highest BCUT2D eigenvalue weighted by Crippen LogP contribution is 2.41. The van der Waals surface area contributed by atoms with Gasteiger partial charge in [-0.05, 0) is 43.0 Å². The highest BCUT2D eigenvalue weighted by atomic mass is 28.4. The first-order valence-electron chi connectivity index (χ1n) is 9.32. The fraction of sp³-hybridized carbons (Fsp3) is 0.650. The van der Waals surface area contributed by atoms with Gasteiger partial charge in [0.15, 0.2) is 25.6 Å². The lowest BCUT2D eigenvalue weighted by molar-refractivity contribution is 0.0856. The first-order chi connectivity index (χ1) is 12.0. The number of phenolic OH excluding ortho intramolecular Hbond substituents is 1. The van der Waals surface area contributed by atoms with E-state index in [1.54, 1.807) is 6.07 Å². The van der Waals surface area contributed by atoms with Gasteiger partial charge in [0.05, 0.1) is 7.11 Å². The van der Waals surface area contributed by atoms with Crippen LogP contribution in [0.15, 0.2) is 12.1 Å². The molecule has 0 spiro atoms. The van der Waals surface area contributed by atoms with E-state index in [0.29, 0.717) is 17.9 Å². The lowest BCUT2D eigenvalue weighted by Gasteiger charge is -2.37. The summed E-state index contributed by atoms with van der Waals surface area (Å²) < 4.78 is 11.5. The van der Waals surface area contributed by atoms with E-state index in [1.165, 1.54) is 13.2 Å². The highest BCUT2D eigenvalue weighted by molar-refractivity contribution is 6.74. The molecule has 1 aliphatic rings. The average Bonchev–Trinajstić information content (AvgIpc) is 3.00. The van der Waals surface area contributed by atoms with Crippen LogP contribution in [0.1, 0.15) is 50.4 Å². The SMILES string of the molecule is COc1cc(C(=O)C2CCC[C@H]2CO[Si](C)(C)C(C)(C)C)c(N)cc1O. The van der Waals surface area contributed by atoms with Crippen LogP contribution >= 0.6 is 0 Å². The Bertz CT molecular complexity index is 667. The number of rotatable bonds is 6. The van der Waals surface area contributed by atoms with Crippen molar-refractivity contribution in [2.45, 2.75) is 58.2 Å². The molecule has 146 valence electrons. The maximum Gasteiger partial charge on any atom is 0.191 e. The van der Waals surface area contributed by atoms with Crippen molar-refractivity contribution in [3.63, 3.8) is 0 Å². The molecule has 0 radical (unpaired) electrons. The van der Waals surface area contributed by atoms with Crippen molar-refractivity contribution in [3.8, 4) is 11.5 Å². The summed E-state index contributed by atoms with van der Waals surface area (Å²) in [5, 5.41) is 9.99. The number of carbonyl (C=O) groups is 1. The van der Waals surface area contributed by atoms with Crippen molar-refractivity contribution >= 4 is 19.8 Å². The third-order valence-corrected chi connectivity index (χ3v) is 10.6. The minimum absolute atomic E-state index is 0.0298. The van der Waals surface area contributed by atoms with E-state index in [0.717, 1.165) is 19.3 Å². The Kier molecular flexibility index (Phi) is 6.08. The molecule has 1 saturated carbocycles. The number of Topliss-reactive ketones (excluding diaryl/α,β-unsaturated/α-hetero) is 1. The summed E-state index contributed by atoms with van der Waals surface area (Å²) in [5.41, 5.74) is 6.73. The largest absolute Gasteiger partial charge is 0.504 e. The number of hydrogen-bond acceptors (Lipinski definition) is 5. The van der Waals surface area contributed by atoms with Crippen LogP contribution in [0.3, 0.4) is 0 Å². The minimum atomic E-state index is -1.84. The Morgan fingerprint density at radius 2 is 1.96 bits per heavy atom. The minimum Gasteiger partial charge on any atom is -0.504 e. The maximum atomic E-state index is 13.1. The molecule has 1 aliphatic carbocycles. The molecule has 1 fully saturated rings. The van der Waals surface area contributed by atoms with Gasteiger partial charge in [-0.3, -0.25) is 4.79 Å². The van der Waals surface area contributed by atoms with Crippen molar-refractivity contribution in [2.75, 3.05) is 19.5 Å². The van der Waals surface area contributed by atoms with E-state index < -0.39 is 8.32 Å². The second-order valence-corrected chi connectivity index (χ2v) is 13.7. The molecule has 2 rings (SSSR count). The third kappa shape index (κ3) is 4.23. The lowest BCUT2D eigenvalue weighted by atomic mass is 9.88. The molecule has 0 saturated heterocycles. The molecule has 3 N–H and O–H groups in total. The Morgan fingerprint density at radius 3 is 2.54 bits per heavy atom. The molecule has 0 aromatic heterocycles. The third-order valence-electron chi connectivity index (χ3n) is 6.08. The summed E-state index contributed by atoms with van der Waals surface area (Å²) in [6.07, 6.45) is 2.88. The number of nitrogen functional groups attached to an aromatic ring is 1. The smallest absolute Gasteiger partial charge is 0.191 e. The van der Waals surface area contributed by atoms with Crippen LogP contribution in [0.25, 0.3) is 0 Å². The van der Waals surface area contributed by atoms with Crippen LogP contribution < -0.4 is 10.5 Å². The molecule has 0 heterocycles. The number of benzene rings is 1. The number of hydrogen-bond donors (Lipinski definition) is 2. The predicted octanol–water partition coefficient (Wildman–Crippen LogP) is 4.60. The molecule has 5 nitrogen and oxygen atoms in total. The first-order valence-corrected chi connectivity index (χ1v) is 12.2. The van der Waals surface area contributed by atoms with Crippen LogP contribution in [-0.4, -0.2) is 32.9 Å². The van der Waals surface area contributed by atoms with Crippen molar-refractivity contribution in [1.29, 1.82) is 0 Å². The van der Waals surface area contributed by atoms with Gasteiger partial charge in [0, 0.05) is 29.8 Å². The van der Waals surface area contributed by atoms with E-state index in [-0.39, 0.29) is 34.2 Å². The number of aromatic hydroxyl groups is 1. The number of ketones is 1. The van der Waals surface area contributed by atoms with Gasteiger partial charge in [-0.1, -0.05) is 27.2 Å². The summed E-state index contributed by atoms with van der Waals surface area (Å²) in [5.74, 6) is 0.384. The van der Waals surface area contributed by atoms with Crippen molar-refractivity contribution in [3.05, 3.63) is 17.7 Å². The first kappa shape index (κ1) is 20.8. The molecular weight excluding hydrogens is 346 g/mol. The summed E-state index contributed by atoms with van der Waals surface area (Å²) in [6.45, 7) is 11.8. The number of phenols is 1. The van der Waals surface area contributed by atoms with Gasteiger partial charge in [-0.25, -0.2) is 0 Å². The van der Waals surface area contributed by atoms with E-state index in [1.807, 2.05) is 0 Å². The van der Waals surface area contributed by atoms with E-state index in [4.69, 9.17) is 14.9 Å². The van der Waals surface area contributed by atoms with Crippen LogP contribution in [0, 0.1) is 11.8 Å². The van der Waals surface area contributed by atoms with Crippen LogP contribution in [0.4, 0.5) is 5.69 Å². The molecule has 1 aromatic carbocycles. The molecule has 2 atom stereocenters.